The monoisotopic (exact) mass is 240 g/mol. The number of H-pyrrole nitrogens is 1. The van der Waals surface area contributed by atoms with E-state index in [4.69, 9.17) is 5.14 Å². The van der Waals surface area contributed by atoms with Crippen molar-refractivity contribution >= 4 is 15.9 Å². The standard InChI is InChI=1S/C7H8N6O2S/c8-16(14,15)11-6-3-1-2-5(4-6)7-9-12-13-10-7/h1-4,11H,(H2,8,14,15)(H,9,10,12,13). The van der Waals surface area contributed by atoms with E-state index in [1.165, 1.54) is 0 Å². The van der Waals surface area contributed by atoms with Crippen molar-refractivity contribution in [3.05, 3.63) is 24.3 Å². The van der Waals surface area contributed by atoms with Crippen LogP contribution in [0.25, 0.3) is 11.4 Å². The average molecular weight is 240 g/mol. The van der Waals surface area contributed by atoms with Gasteiger partial charge in [-0.3, -0.25) is 4.72 Å². The van der Waals surface area contributed by atoms with Crippen LogP contribution in [0, 0.1) is 0 Å². The molecule has 84 valence electrons. The molecule has 0 radical (unpaired) electrons. The zero-order valence-electron chi connectivity index (χ0n) is 7.95. The highest BCUT2D eigenvalue weighted by Crippen LogP contribution is 2.18. The van der Waals surface area contributed by atoms with Crippen LogP contribution < -0.4 is 9.86 Å². The van der Waals surface area contributed by atoms with Crippen molar-refractivity contribution in [2.75, 3.05) is 4.72 Å². The minimum atomic E-state index is -3.78. The molecule has 9 heteroatoms. The summed E-state index contributed by atoms with van der Waals surface area (Å²) in [5, 5.41) is 18.1. The Balaban J connectivity index is 2.34. The zero-order valence-corrected chi connectivity index (χ0v) is 8.77. The van der Waals surface area contributed by atoms with Crippen LogP contribution in [0.15, 0.2) is 24.3 Å². The maximum atomic E-state index is 10.8. The van der Waals surface area contributed by atoms with Crippen LogP contribution in [0.3, 0.4) is 0 Å². The number of nitrogens with one attached hydrogen (secondary N) is 2. The van der Waals surface area contributed by atoms with E-state index in [-0.39, 0.29) is 0 Å². The molecule has 2 aromatic rings. The lowest BCUT2D eigenvalue weighted by Crippen LogP contribution is -2.21. The van der Waals surface area contributed by atoms with Gasteiger partial charge in [-0.2, -0.15) is 13.6 Å². The molecule has 0 atom stereocenters. The van der Waals surface area contributed by atoms with Crippen LogP contribution in [0.2, 0.25) is 0 Å². The Morgan fingerprint density at radius 2 is 2.19 bits per heavy atom. The Bertz CT molecular complexity index is 579. The van der Waals surface area contributed by atoms with Crippen LogP contribution in [0.5, 0.6) is 0 Å². The first kappa shape index (κ1) is 10.5. The van der Waals surface area contributed by atoms with Crippen LogP contribution in [-0.2, 0) is 10.2 Å². The van der Waals surface area contributed by atoms with Crippen LogP contribution >= 0.6 is 0 Å². The van der Waals surface area contributed by atoms with Gasteiger partial charge in [-0.05, 0) is 17.3 Å². The summed E-state index contributed by atoms with van der Waals surface area (Å²) in [6, 6.07) is 6.49. The van der Waals surface area contributed by atoms with Crippen LogP contribution in [0.1, 0.15) is 0 Å². The highest BCUT2D eigenvalue weighted by molar-refractivity contribution is 7.90. The van der Waals surface area contributed by atoms with E-state index >= 15 is 0 Å². The molecule has 8 nitrogen and oxygen atoms in total. The second kappa shape index (κ2) is 3.87. The highest BCUT2D eigenvalue weighted by Gasteiger charge is 2.06. The average Bonchev–Trinajstić information content (AvgIpc) is 2.68. The molecule has 1 aromatic heterocycles. The molecule has 0 aliphatic carbocycles. The predicted molar refractivity (Wildman–Crippen MR) is 56.3 cm³/mol. The van der Waals surface area contributed by atoms with Crippen molar-refractivity contribution in [3.8, 4) is 11.4 Å². The fourth-order valence-corrected chi connectivity index (χ4v) is 1.63. The summed E-state index contributed by atoms with van der Waals surface area (Å²) in [7, 11) is -3.78. The van der Waals surface area contributed by atoms with E-state index in [1.807, 2.05) is 0 Å². The molecule has 0 bridgehead atoms. The van der Waals surface area contributed by atoms with Gasteiger partial charge in [-0.25, -0.2) is 5.14 Å². The molecule has 16 heavy (non-hydrogen) atoms. The number of anilines is 1. The van der Waals surface area contributed by atoms with Crippen molar-refractivity contribution in [2.24, 2.45) is 5.14 Å². The van der Waals surface area contributed by atoms with Gasteiger partial charge in [0, 0.05) is 5.56 Å². The minimum Gasteiger partial charge on any atom is -0.271 e. The van der Waals surface area contributed by atoms with Gasteiger partial charge in [-0.1, -0.05) is 12.1 Å². The molecule has 0 amide bonds. The maximum Gasteiger partial charge on any atom is 0.296 e. The number of benzene rings is 1. The molecule has 0 fully saturated rings. The smallest absolute Gasteiger partial charge is 0.271 e. The van der Waals surface area contributed by atoms with Gasteiger partial charge in [0.05, 0.1) is 5.69 Å². The summed E-state index contributed by atoms with van der Waals surface area (Å²) < 4.78 is 23.8. The molecule has 2 rings (SSSR count). The van der Waals surface area contributed by atoms with Crippen molar-refractivity contribution in [3.63, 3.8) is 0 Å². The summed E-state index contributed by atoms with van der Waals surface area (Å²) in [4.78, 5) is 0. The van der Waals surface area contributed by atoms with E-state index in [1.54, 1.807) is 24.3 Å². The number of nitrogens with zero attached hydrogens (tertiary/aromatic N) is 3. The van der Waals surface area contributed by atoms with Gasteiger partial charge in [0.2, 0.25) is 5.82 Å². The topological polar surface area (TPSA) is 127 Å². The molecule has 0 aliphatic rings. The molecule has 0 saturated carbocycles. The first-order chi connectivity index (χ1) is 7.54. The molecule has 0 saturated heterocycles. The molecular weight excluding hydrogens is 232 g/mol. The molecule has 1 heterocycles. The lowest BCUT2D eigenvalue weighted by Gasteiger charge is -2.03. The molecule has 4 N–H and O–H groups in total. The lowest BCUT2D eigenvalue weighted by molar-refractivity contribution is 0.603. The van der Waals surface area contributed by atoms with Gasteiger partial charge in [0.1, 0.15) is 0 Å². The largest absolute Gasteiger partial charge is 0.296 e. The van der Waals surface area contributed by atoms with E-state index in [0.29, 0.717) is 17.1 Å². The van der Waals surface area contributed by atoms with Crippen molar-refractivity contribution in [1.82, 2.24) is 20.6 Å². The highest BCUT2D eigenvalue weighted by atomic mass is 32.2. The van der Waals surface area contributed by atoms with Gasteiger partial charge < -0.3 is 0 Å². The quantitative estimate of drug-likeness (QED) is 0.665. The number of hydrogen-bond acceptors (Lipinski definition) is 5. The lowest BCUT2D eigenvalue weighted by atomic mass is 10.2. The Labute approximate surface area is 91.0 Å². The van der Waals surface area contributed by atoms with Gasteiger partial charge in [0.25, 0.3) is 10.2 Å². The molecule has 1 aromatic carbocycles. The summed E-state index contributed by atoms with van der Waals surface area (Å²) in [6.45, 7) is 0. The summed E-state index contributed by atoms with van der Waals surface area (Å²) in [6.07, 6.45) is 0. The third kappa shape index (κ3) is 2.52. The third-order valence-electron chi connectivity index (χ3n) is 1.73. The van der Waals surface area contributed by atoms with Crippen molar-refractivity contribution in [1.29, 1.82) is 0 Å². The number of aromatic amines is 1. The van der Waals surface area contributed by atoms with Crippen molar-refractivity contribution in [2.45, 2.75) is 0 Å². The Morgan fingerprint density at radius 3 is 2.81 bits per heavy atom. The van der Waals surface area contributed by atoms with Crippen molar-refractivity contribution < 1.29 is 8.42 Å². The van der Waals surface area contributed by atoms with Crippen LogP contribution in [-0.4, -0.2) is 29.0 Å². The van der Waals surface area contributed by atoms with Gasteiger partial charge in [-0.15, -0.1) is 10.2 Å². The fourth-order valence-electron chi connectivity index (χ4n) is 1.17. The first-order valence-corrected chi connectivity index (χ1v) is 5.74. The van der Waals surface area contributed by atoms with E-state index < -0.39 is 10.2 Å². The van der Waals surface area contributed by atoms with Gasteiger partial charge in [0.15, 0.2) is 0 Å². The fraction of sp³-hybridized carbons (Fsp3) is 0. The maximum absolute atomic E-state index is 10.8. The minimum absolute atomic E-state index is 0.338. The Morgan fingerprint density at radius 1 is 1.38 bits per heavy atom. The Kier molecular flexibility index (Phi) is 2.54. The number of nitrogens with two attached hydrogens (primary N) is 1. The molecule has 0 unspecified atom stereocenters. The molecule has 0 aliphatic heterocycles. The molecule has 0 spiro atoms. The summed E-state index contributed by atoms with van der Waals surface area (Å²) in [5.41, 5.74) is 0.965. The van der Waals surface area contributed by atoms with Gasteiger partial charge >= 0.3 is 0 Å². The molecular formula is C7H8N6O2S. The summed E-state index contributed by atoms with van der Waals surface area (Å²) in [5.74, 6) is 0.373. The number of hydrogen-bond donors (Lipinski definition) is 3. The predicted octanol–water partition coefficient (Wildman–Crippen LogP) is -0.518. The summed E-state index contributed by atoms with van der Waals surface area (Å²) >= 11 is 0. The normalized spacial score (nSPS) is 11.3. The van der Waals surface area contributed by atoms with E-state index in [0.717, 1.165) is 0 Å². The van der Waals surface area contributed by atoms with Crippen LogP contribution in [0.4, 0.5) is 5.69 Å². The second-order valence-electron chi connectivity index (χ2n) is 2.96. The van der Waals surface area contributed by atoms with E-state index in [2.05, 4.69) is 25.3 Å². The number of aromatic nitrogens is 4. The Hall–Kier alpha value is -2.00. The number of tetrazole rings is 1. The van der Waals surface area contributed by atoms with E-state index in [9.17, 15) is 8.42 Å². The first-order valence-electron chi connectivity index (χ1n) is 4.19. The second-order valence-corrected chi connectivity index (χ2v) is 4.26. The zero-order chi connectivity index (χ0) is 11.6. The third-order valence-corrected chi connectivity index (χ3v) is 2.25. The SMILES string of the molecule is NS(=O)(=O)Nc1cccc(-c2nn[nH]n2)c1. The number of rotatable bonds is 3.